The fraction of sp³-hybridized carbons (Fsp3) is 0.0952. The number of urea groups is 1. The van der Waals surface area contributed by atoms with Gasteiger partial charge in [0.2, 0.25) is 0 Å². The van der Waals surface area contributed by atoms with Crippen molar-refractivity contribution in [2.75, 3.05) is 17.7 Å². The van der Waals surface area contributed by atoms with Crippen molar-refractivity contribution in [1.29, 1.82) is 0 Å². The van der Waals surface area contributed by atoms with Crippen LogP contribution < -0.4 is 16.3 Å². The smallest absolute Gasteiger partial charge is 0.356 e. The molecule has 2 heterocycles. The number of esters is 1. The summed E-state index contributed by atoms with van der Waals surface area (Å²) in [5.41, 5.74) is 1.58. The number of ether oxygens (including phenoxy) is 1. The summed E-state index contributed by atoms with van der Waals surface area (Å²) in [4.78, 5) is 40.2. The van der Waals surface area contributed by atoms with E-state index in [9.17, 15) is 14.4 Å². The lowest BCUT2D eigenvalue weighted by molar-refractivity contribution is 0.0594. The predicted octanol–water partition coefficient (Wildman–Crippen LogP) is 2.55. The largest absolute Gasteiger partial charge is 0.464 e. The lowest BCUT2D eigenvalue weighted by atomic mass is 10.1. The number of fused-ring (bicyclic) bond motifs is 1. The van der Waals surface area contributed by atoms with Crippen LogP contribution in [-0.4, -0.2) is 38.4 Å². The van der Waals surface area contributed by atoms with Gasteiger partial charge in [-0.1, -0.05) is 12.1 Å². The number of amides is 2. The summed E-state index contributed by atoms with van der Waals surface area (Å²) in [5, 5.41) is 10.9. The minimum atomic E-state index is -0.533. The van der Waals surface area contributed by atoms with E-state index in [4.69, 9.17) is 0 Å². The number of carbonyl (C=O) groups is 2. The Labute approximate surface area is 176 Å². The van der Waals surface area contributed by atoms with E-state index in [1.54, 1.807) is 49.5 Å². The summed E-state index contributed by atoms with van der Waals surface area (Å²) in [5.74, 6) is -0.533. The molecule has 0 saturated heterocycles. The standard InChI is InChI=1S/C21H18N6O4/c1-26-12-23-27(21(26)30)15-8-6-14(7-9-15)24-20(29)25-17-5-3-4-13-10-18(19(28)31-2)22-11-16(13)17/h3-12H,1-2H3,(H2,24,25,29). The maximum absolute atomic E-state index is 12.5. The van der Waals surface area contributed by atoms with Crippen molar-refractivity contribution >= 4 is 34.1 Å². The molecule has 10 heteroatoms. The first kappa shape index (κ1) is 19.8. The van der Waals surface area contributed by atoms with Crippen molar-refractivity contribution in [1.82, 2.24) is 19.3 Å². The number of nitrogens with zero attached hydrogens (tertiary/aromatic N) is 4. The molecule has 0 spiro atoms. The molecule has 10 nitrogen and oxygen atoms in total. The Morgan fingerprint density at radius 2 is 1.84 bits per heavy atom. The van der Waals surface area contributed by atoms with Crippen molar-refractivity contribution < 1.29 is 14.3 Å². The highest BCUT2D eigenvalue weighted by Crippen LogP contribution is 2.24. The summed E-state index contributed by atoms with van der Waals surface area (Å²) < 4.78 is 7.31. The predicted molar refractivity (Wildman–Crippen MR) is 115 cm³/mol. The SMILES string of the molecule is COC(=O)c1cc2cccc(NC(=O)Nc3ccc(-n4ncn(C)c4=O)cc3)c2cn1. The molecular weight excluding hydrogens is 400 g/mol. The molecule has 31 heavy (non-hydrogen) atoms. The average molecular weight is 418 g/mol. The summed E-state index contributed by atoms with van der Waals surface area (Å²) in [6.45, 7) is 0. The fourth-order valence-corrected chi connectivity index (χ4v) is 3.02. The van der Waals surface area contributed by atoms with E-state index in [0.29, 0.717) is 22.4 Å². The van der Waals surface area contributed by atoms with Crippen LogP contribution in [-0.2, 0) is 11.8 Å². The van der Waals surface area contributed by atoms with Crippen molar-refractivity contribution in [2.24, 2.45) is 7.05 Å². The summed E-state index contributed by atoms with van der Waals surface area (Å²) in [7, 11) is 2.91. The molecule has 4 rings (SSSR count). The number of nitrogens with one attached hydrogen (secondary N) is 2. The minimum absolute atomic E-state index is 0.184. The summed E-state index contributed by atoms with van der Waals surface area (Å²) in [6, 6.07) is 13.2. The van der Waals surface area contributed by atoms with Gasteiger partial charge in [0, 0.05) is 24.3 Å². The molecule has 0 aliphatic rings. The van der Waals surface area contributed by atoms with Gasteiger partial charge in [-0.3, -0.25) is 4.57 Å². The average Bonchev–Trinajstić information content (AvgIpc) is 3.12. The van der Waals surface area contributed by atoms with Gasteiger partial charge in [-0.15, -0.1) is 0 Å². The normalized spacial score (nSPS) is 10.6. The van der Waals surface area contributed by atoms with Gasteiger partial charge in [-0.05, 0) is 41.8 Å². The quantitative estimate of drug-likeness (QED) is 0.492. The molecule has 2 amide bonds. The number of methoxy groups -OCH3 is 1. The molecule has 0 radical (unpaired) electrons. The molecule has 0 unspecified atom stereocenters. The number of benzene rings is 2. The van der Waals surface area contributed by atoms with Gasteiger partial charge in [0.25, 0.3) is 0 Å². The third-order valence-electron chi connectivity index (χ3n) is 4.60. The second kappa shape index (κ2) is 8.11. The lowest BCUT2D eigenvalue weighted by Crippen LogP contribution is -2.22. The highest BCUT2D eigenvalue weighted by Gasteiger charge is 2.11. The van der Waals surface area contributed by atoms with Crippen LogP contribution in [0.15, 0.2) is 65.8 Å². The summed E-state index contributed by atoms with van der Waals surface area (Å²) in [6.07, 6.45) is 2.94. The number of carbonyl (C=O) groups excluding carboxylic acids is 2. The first-order valence-electron chi connectivity index (χ1n) is 9.22. The minimum Gasteiger partial charge on any atom is -0.464 e. The Kier molecular flexibility index (Phi) is 5.19. The Morgan fingerprint density at radius 1 is 1.06 bits per heavy atom. The number of aryl methyl sites for hydroxylation is 1. The van der Waals surface area contributed by atoms with Crippen LogP contribution in [0.5, 0.6) is 0 Å². The Balaban J connectivity index is 1.50. The molecule has 0 aliphatic heterocycles. The first-order valence-corrected chi connectivity index (χ1v) is 9.22. The van der Waals surface area contributed by atoms with Gasteiger partial charge >= 0.3 is 17.7 Å². The van der Waals surface area contributed by atoms with Gasteiger partial charge in [0.1, 0.15) is 12.0 Å². The van der Waals surface area contributed by atoms with Crippen LogP contribution in [0.4, 0.5) is 16.2 Å². The number of aromatic nitrogens is 4. The topological polar surface area (TPSA) is 120 Å². The number of rotatable bonds is 4. The van der Waals surface area contributed by atoms with E-state index < -0.39 is 12.0 Å². The van der Waals surface area contributed by atoms with Crippen LogP contribution in [0.25, 0.3) is 16.5 Å². The Hall–Kier alpha value is -4.47. The van der Waals surface area contributed by atoms with E-state index >= 15 is 0 Å². The number of pyridine rings is 1. The van der Waals surface area contributed by atoms with Crippen molar-refractivity contribution in [3.05, 3.63) is 77.2 Å². The van der Waals surface area contributed by atoms with Gasteiger partial charge < -0.3 is 15.4 Å². The molecule has 2 N–H and O–H groups in total. The molecule has 0 saturated carbocycles. The molecule has 4 aromatic rings. The summed E-state index contributed by atoms with van der Waals surface area (Å²) >= 11 is 0. The van der Waals surface area contributed by atoms with Gasteiger partial charge in [0.15, 0.2) is 0 Å². The van der Waals surface area contributed by atoms with E-state index in [-0.39, 0.29) is 11.4 Å². The van der Waals surface area contributed by atoms with Gasteiger partial charge in [-0.25, -0.2) is 19.4 Å². The van der Waals surface area contributed by atoms with E-state index in [0.717, 1.165) is 5.39 Å². The Morgan fingerprint density at radius 3 is 2.52 bits per heavy atom. The molecule has 0 atom stereocenters. The third kappa shape index (κ3) is 3.99. The lowest BCUT2D eigenvalue weighted by Gasteiger charge is -2.11. The van der Waals surface area contributed by atoms with E-state index in [1.165, 1.54) is 28.9 Å². The molecule has 2 aromatic heterocycles. The Bertz CT molecular complexity index is 1340. The molecule has 2 aromatic carbocycles. The maximum Gasteiger partial charge on any atom is 0.356 e. The first-order chi connectivity index (χ1) is 15.0. The van der Waals surface area contributed by atoms with Crippen molar-refractivity contribution in [3.8, 4) is 5.69 Å². The van der Waals surface area contributed by atoms with Crippen LogP contribution in [0.1, 0.15) is 10.5 Å². The number of anilines is 2. The van der Waals surface area contributed by atoms with Crippen LogP contribution >= 0.6 is 0 Å². The molecule has 156 valence electrons. The van der Waals surface area contributed by atoms with Crippen molar-refractivity contribution in [3.63, 3.8) is 0 Å². The second-order valence-corrected chi connectivity index (χ2v) is 6.65. The van der Waals surface area contributed by atoms with Crippen molar-refractivity contribution in [2.45, 2.75) is 0 Å². The van der Waals surface area contributed by atoms with Crippen LogP contribution in [0, 0.1) is 0 Å². The fourth-order valence-electron chi connectivity index (χ4n) is 3.02. The molecule has 0 fully saturated rings. The van der Waals surface area contributed by atoms with E-state index in [2.05, 4.69) is 25.5 Å². The zero-order valence-corrected chi connectivity index (χ0v) is 16.7. The van der Waals surface area contributed by atoms with Gasteiger partial charge in [-0.2, -0.15) is 9.78 Å². The highest BCUT2D eigenvalue weighted by molar-refractivity contribution is 6.06. The van der Waals surface area contributed by atoms with Crippen LogP contribution in [0.3, 0.4) is 0 Å². The number of hydrogen-bond acceptors (Lipinski definition) is 6. The zero-order valence-electron chi connectivity index (χ0n) is 16.7. The van der Waals surface area contributed by atoms with E-state index in [1.807, 2.05) is 6.07 Å². The molecule has 0 bridgehead atoms. The zero-order chi connectivity index (χ0) is 22.0. The molecular formula is C21H18N6O4. The van der Waals surface area contributed by atoms with Crippen LogP contribution in [0.2, 0.25) is 0 Å². The maximum atomic E-state index is 12.5. The monoisotopic (exact) mass is 418 g/mol. The second-order valence-electron chi connectivity index (χ2n) is 6.65. The molecule has 0 aliphatic carbocycles. The third-order valence-corrected chi connectivity index (χ3v) is 4.60. The number of hydrogen-bond donors (Lipinski definition) is 2. The highest BCUT2D eigenvalue weighted by atomic mass is 16.5. The van der Waals surface area contributed by atoms with Gasteiger partial charge in [0.05, 0.1) is 18.5 Å².